The topological polar surface area (TPSA) is 9.23 Å². The SMILES string of the molecule is CC[Si](C)(OC)C(C)(C)C. The van der Waals surface area contributed by atoms with Crippen molar-refractivity contribution in [2.24, 2.45) is 0 Å². The third kappa shape index (κ3) is 1.83. The Kier molecular flexibility index (Phi) is 3.11. The Morgan fingerprint density at radius 2 is 1.70 bits per heavy atom. The molecule has 0 saturated heterocycles. The third-order valence-electron chi connectivity index (χ3n) is 2.71. The molecule has 0 spiro atoms. The van der Waals surface area contributed by atoms with Crippen molar-refractivity contribution in [1.82, 2.24) is 0 Å². The van der Waals surface area contributed by atoms with E-state index in [2.05, 4.69) is 34.2 Å². The molecule has 62 valence electrons. The summed E-state index contributed by atoms with van der Waals surface area (Å²) in [5, 5.41) is 0.372. The minimum Gasteiger partial charge on any atom is -0.420 e. The quantitative estimate of drug-likeness (QED) is 0.564. The average Bonchev–Trinajstić information content (AvgIpc) is 1.84. The molecule has 10 heavy (non-hydrogen) atoms. The monoisotopic (exact) mass is 160 g/mol. The lowest BCUT2D eigenvalue weighted by atomic mass is 10.2. The molecule has 0 aromatic rings. The van der Waals surface area contributed by atoms with E-state index in [0.29, 0.717) is 5.04 Å². The van der Waals surface area contributed by atoms with Crippen LogP contribution in [0.2, 0.25) is 17.6 Å². The van der Waals surface area contributed by atoms with Crippen LogP contribution >= 0.6 is 0 Å². The lowest BCUT2D eigenvalue weighted by Gasteiger charge is -2.37. The lowest BCUT2D eigenvalue weighted by molar-refractivity contribution is 0.367. The highest BCUT2D eigenvalue weighted by molar-refractivity contribution is 6.75. The zero-order valence-electron chi connectivity index (χ0n) is 8.12. The zero-order valence-corrected chi connectivity index (χ0v) is 9.12. The lowest BCUT2D eigenvalue weighted by Crippen LogP contribution is -2.42. The fourth-order valence-electron chi connectivity index (χ4n) is 0.981. The van der Waals surface area contributed by atoms with Gasteiger partial charge in [0.1, 0.15) is 0 Å². The van der Waals surface area contributed by atoms with Crippen LogP contribution < -0.4 is 0 Å². The Morgan fingerprint density at radius 3 is 1.70 bits per heavy atom. The summed E-state index contributed by atoms with van der Waals surface area (Å²) in [5.74, 6) is 0. The molecular weight excluding hydrogens is 140 g/mol. The number of hydrogen-bond acceptors (Lipinski definition) is 1. The second-order valence-corrected chi connectivity index (χ2v) is 9.12. The first-order valence-electron chi connectivity index (χ1n) is 3.92. The molecule has 1 unspecified atom stereocenters. The fraction of sp³-hybridized carbons (Fsp3) is 1.00. The van der Waals surface area contributed by atoms with Gasteiger partial charge in [-0.2, -0.15) is 0 Å². The van der Waals surface area contributed by atoms with E-state index >= 15 is 0 Å². The van der Waals surface area contributed by atoms with Gasteiger partial charge < -0.3 is 4.43 Å². The van der Waals surface area contributed by atoms with Gasteiger partial charge in [-0.15, -0.1) is 0 Å². The molecule has 0 N–H and O–H groups in total. The first-order valence-corrected chi connectivity index (χ1v) is 6.54. The molecule has 0 aliphatic heterocycles. The predicted molar refractivity (Wildman–Crippen MR) is 48.8 cm³/mol. The first kappa shape index (κ1) is 10.2. The standard InChI is InChI=1S/C8H20OSi/c1-7-10(6,9-5)8(2,3)4/h7H2,1-6H3. The molecule has 0 radical (unpaired) electrons. The van der Waals surface area contributed by atoms with Crippen molar-refractivity contribution in [3.05, 3.63) is 0 Å². The molecule has 0 saturated carbocycles. The highest BCUT2D eigenvalue weighted by Gasteiger charge is 2.38. The van der Waals surface area contributed by atoms with Crippen molar-refractivity contribution < 1.29 is 4.43 Å². The van der Waals surface area contributed by atoms with Crippen LogP contribution in [0.3, 0.4) is 0 Å². The Balaban J connectivity index is 4.33. The van der Waals surface area contributed by atoms with Crippen LogP contribution in [0.5, 0.6) is 0 Å². The van der Waals surface area contributed by atoms with Gasteiger partial charge in [-0.05, 0) is 17.6 Å². The zero-order chi connectivity index (χ0) is 8.41. The van der Waals surface area contributed by atoms with Crippen LogP contribution in [0.4, 0.5) is 0 Å². The maximum Gasteiger partial charge on any atom is 0.194 e. The van der Waals surface area contributed by atoms with Crippen LogP contribution in [0.25, 0.3) is 0 Å². The van der Waals surface area contributed by atoms with Crippen molar-refractivity contribution in [2.75, 3.05) is 7.11 Å². The second-order valence-electron chi connectivity index (χ2n) is 4.04. The Labute approximate surface area is 65.9 Å². The number of hydrogen-bond donors (Lipinski definition) is 0. The van der Waals surface area contributed by atoms with Gasteiger partial charge in [0.25, 0.3) is 0 Å². The van der Waals surface area contributed by atoms with E-state index < -0.39 is 8.32 Å². The first-order chi connectivity index (χ1) is 4.37. The van der Waals surface area contributed by atoms with Gasteiger partial charge in [0.2, 0.25) is 0 Å². The molecule has 2 heteroatoms. The van der Waals surface area contributed by atoms with E-state index in [9.17, 15) is 0 Å². The maximum atomic E-state index is 5.59. The molecule has 0 rings (SSSR count). The molecule has 0 fully saturated rings. The Morgan fingerprint density at radius 1 is 1.30 bits per heavy atom. The predicted octanol–water partition coefficient (Wildman–Crippen LogP) is 3.03. The molecule has 0 aromatic heterocycles. The molecule has 0 aromatic carbocycles. The molecule has 0 heterocycles. The molecular formula is C8H20OSi. The molecule has 0 aliphatic rings. The third-order valence-corrected chi connectivity index (χ3v) is 8.14. The Bertz CT molecular complexity index is 100. The van der Waals surface area contributed by atoms with Crippen molar-refractivity contribution in [3.8, 4) is 0 Å². The smallest absolute Gasteiger partial charge is 0.194 e. The van der Waals surface area contributed by atoms with E-state index in [-0.39, 0.29) is 0 Å². The summed E-state index contributed by atoms with van der Waals surface area (Å²) in [6.07, 6.45) is 0. The van der Waals surface area contributed by atoms with Crippen LogP contribution in [0.15, 0.2) is 0 Å². The van der Waals surface area contributed by atoms with Crippen molar-refractivity contribution in [3.63, 3.8) is 0 Å². The molecule has 0 aliphatic carbocycles. The van der Waals surface area contributed by atoms with Gasteiger partial charge in [-0.1, -0.05) is 27.7 Å². The molecule has 0 bridgehead atoms. The van der Waals surface area contributed by atoms with E-state index in [0.717, 1.165) is 0 Å². The van der Waals surface area contributed by atoms with E-state index in [1.165, 1.54) is 6.04 Å². The fourth-order valence-corrected chi connectivity index (χ4v) is 2.94. The summed E-state index contributed by atoms with van der Waals surface area (Å²) < 4.78 is 5.59. The van der Waals surface area contributed by atoms with Crippen LogP contribution in [-0.2, 0) is 4.43 Å². The summed E-state index contributed by atoms with van der Waals surface area (Å²) in [5.41, 5.74) is 0. The summed E-state index contributed by atoms with van der Waals surface area (Å²) in [4.78, 5) is 0. The Hall–Kier alpha value is 0.177. The van der Waals surface area contributed by atoms with Crippen molar-refractivity contribution in [1.29, 1.82) is 0 Å². The van der Waals surface area contributed by atoms with Crippen molar-refractivity contribution in [2.45, 2.75) is 45.3 Å². The largest absolute Gasteiger partial charge is 0.420 e. The highest BCUT2D eigenvalue weighted by atomic mass is 28.4. The van der Waals surface area contributed by atoms with Crippen molar-refractivity contribution >= 4 is 8.32 Å². The summed E-state index contributed by atoms with van der Waals surface area (Å²) in [6, 6.07) is 1.20. The number of rotatable bonds is 2. The minimum absolute atomic E-state index is 0.372. The molecule has 0 amide bonds. The highest BCUT2D eigenvalue weighted by Crippen LogP contribution is 2.38. The van der Waals surface area contributed by atoms with Gasteiger partial charge >= 0.3 is 0 Å². The second kappa shape index (κ2) is 3.05. The summed E-state index contributed by atoms with van der Waals surface area (Å²) >= 11 is 0. The molecule has 1 atom stereocenters. The van der Waals surface area contributed by atoms with Crippen LogP contribution in [-0.4, -0.2) is 15.4 Å². The van der Waals surface area contributed by atoms with E-state index in [1.54, 1.807) is 0 Å². The van der Waals surface area contributed by atoms with Gasteiger partial charge in [0.05, 0.1) is 0 Å². The normalized spacial score (nSPS) is 18.6. The van der Waals surface area contributed by atoms with Gasteiger partial charge in [0, 0.05) is 7.11 Å². The van der Waals surface area contributed by atoms with Crippen LogP contribution in [0, 0.1) is 0 Å². The van der Waals surface area contributed by atoms with Gasteiger partial charge in [-0.25, -0.2) is 0 Å². The van der Waals surface area contributed by atoms with E-state index in [4.69, 9.17) is 4.43 Å². The molecule has 1 nitrogen and oxygen atoms in total. The average molecular weight is 160 g/mol. The van der Waals surface area contributed by atoms with Gasteiger partial charge in [-0.3, -0.25) is 0 Å². The van der Waals surface area contributed by atoms with E-state index in [1.807, 2.05) is 7.11 Å². The van der Waals surface area contributed by atoms with Crippen LogP contribution in [0.1, 0.15) is 27.7 Å². The summed E-state index contributed by atoms with van der Waals surface area (Å²) in [7, 11) is 0.449. The maximum absolute atomic E-state index is 5.59. The summed E-state index contributed by atoms with van der Waals surface area (Å²) in [6.45, 7) is 11.3. The van der Waals surface area contributed by atoms with Gasteiger partial charge in [0.15, 0.2) is 8.32 Å². The minimum atomic E-state index is -1.40.